The van der Waals surface area contributed by atoms with Crippen LogP contribution < -0.4 is 15.8 Å². The number of nitrogens with two attached hydrogens (primary N) is 1. The lowest BCUT2D eigenvalue weighted by atomic mass is 10.4. The average molecular weight is 248 g/mol. The maximum atomic E-state index is 5.93. The van der Waals surface area contributed by atoms with E-state index in [1.165, 1.54) is 0 Å². The van der Waals surface area contributed by atoms with Gasteiger partial charge in [0.1, 0.15) is 17.3 Å². The molecule has 3 N–H and O–H groups in total. The van der Waals surface area contributed by atoms with Crippen molar-refractivity contribution in [3.63, 3.8) is 0 Å². The highest BCUT2D eigenvalue weighted by Crippen LogP contribution is 2.26. The highest BCUT2D eigenvalue weighted by Gasteiger charge is 2.11. The van der Waals surface area contributed by atoms with Crippen LogP contribution in [-0.4, -0.2) is 16.6 Å². The standard InChI is InChI=1S/C12H16N4O2/c1-3-17-12-10(13)11(15-8(2)16-12)14-7-9-5-4-6-18-9/h4-6H,3,7,13H2,1-2H3,(H,14,15,16). The second-order valence-electron chi connectivity index (χ2n) is 3.70. The first kappa shape index (κ1) is 12.2. The van der Waals surface area contributed by atoms with Crippen molar-refractivity contribution in [3.05, 3.63) is 30.0 Å². The molecule has 0 unspecified atom stereocenters. The first-order chi connectivity index (χ1) is 8.70. The van der Waals surface area contributed by atoms with Crippen LogP contribution in [0.15, 0.2) is 22.8 Å². The number of nitrogen functional groups attached to an aromatic ring is 1. The molecule has 0 radical (unpaired) electrons. The molecule has 0 saturated heterocycles. The number of rotatable bonds is 5. The molecule has 0 aromatic carbocycles. The zero-order valence-corrected chi connectivity index (χ0v) is 10.4. The van der Waals surface area contributed by atoms with Gasteiger partial charge in [0.15, 0.2) is 5.82 Å². The van der Waals surface area contributed by atoms with Crippen LogP contribution in [-0.2, 0) is 6.54 Å². The van der Waals surface area contributed by atoms with E-state index in [2.05, 4.69) is 15.3 Å². The lowest BCUT2D eigenvalue weighted by molar-refractivity contribution is 0.327. The van der Waals surface area contributed by atoms with Crippen LogP contribution in [0.2, 0.25) is 0 Å². The molecule has 0 atom stereocenters. The Morgan fingerprint density at radius 1 is 1.44 bits per heavy atom. The van der Waals surface area contributed by atoms with Crippen molar-refractivity contribution in [2.75, 3.05) is 17.7 Å². The molecular formula is C12H16N4O2. The number of aryl methyl sites for hydroxylation is 1. The van der Waals surface area contributed by atoms with E-state index in [0.29, 0.717) is 36.4 Å². The van der Waals surface area contributed by atoms with Crippen molar-refractivity contribution in [2.24, 2.45) is 0 Å². The summed E-state index contributed by atoms with van der Waals surface area (Å²) in [5.74, 6) is 2.38. The average Bonchev–Trinajstić information content (AvgIpc) is 2.85. The zero-order valence-electron chi connectivity index (χ0n) is 10.4. The van der Waals surface area contributed by atoms with Gasteiger partial charge in [-0.2, -0.15) is 4.98 Å². The summed E-state index contributed by atoms with van der Waals surface area (Å²) in [5.41, 5.74) is 6.35. The van der Waals surface area contributed by atoms with E-state index in [4.69, 9.17) is 14.9 Å². The van der Waals surface area contributed by atoms with E-state index in [9.17, 15) is 0 Å². The van der Waals surface area contributed by atoms with Gasteiger partial charge in [-0.05, 0) is 26.0 Å². The molecule has 6 nitrogen and oxygen atoms in total. The Morgan fingerprint density at radius 2 is 2.28 bits per heavy atom. The predicted octanol–water partition coefficient (Wildman–Crippen LogP) is 1.97. The molecule has 2 heterocycles. The number of anilines is 2. The number of nitrogens with one attached hydrogen (secondary N) is 1. The van der Waals surface area contributed by atoms with E-state index >= 15 is 0 Å². The van der Waals surface area contributed by atoms with E-state index in [0.717, 1.165) is 5.76 Å². The molecule has 0 saturated carbocycles. The van der Waals surface area contributed by atoms with Gasteiger partial charge in [-0.1, -0.05) is 0 Å². The topological polar surface area (TPSA) is 86.2 Å². The van der Waals surface area contributed by atoms with Crippen LogP contribution in [0.1, 0.15) is 18.5 Å². The summed E-state index contributed by atoms with van der Waals surface area (Å²) < 4.78 is 10.6. The second-order valence-corrected chi connectivity index (χ2v) is 3.70. The number of hydrogen-bond acceptors (Lipinski definition) is 6. The van der Waals surface area contributed by atoms with Gasteiger partial charge in [0.25, 0.3) is 0 Å². The summed E-state index contributed by atoms with van der Waals surface area (Å²) in [4.78, 5) is 8.39. The Labute approximate surface area is 105 Å². The Hall–Kier alpha value is -2.24. The maximum absolute atomic E-state index is 5.93. The molecule has 0 aliphatic rings. The minimum atomic E-state index is 0.409. The van der Waals surface area contributed by atoms with Gasteiger partial charge < -0.3 is 20.2 Å². The van der Waals surface area contributed by atoms with E-state index < -0.39 is 0 Å². The minimum Gasteiger partial charge on any atom is -0.476 e. The number of furan rings is 1. The fourth-order valence-corrected chi connectivity index (χ4v) is 1.52. The highest BCUT2D eigenvalue weighted by atomic mass is 16.5. The van der Waals surface area contributed by atoms with Gasteiger partial charge in [-0.3, -0.25) is 0 Å². The molecular weight excluding hydrogens is 232 g/mol. The van der Waals surface area contributed by atoms with Gasteiger partial charge in [-0.25, -0.2) is 4.98 Å². The Morgan fingerprint density at radius 3 is 2.94 bits per heavy atom. The molecule has 6 heteroatoms. The number of aromatic nitrogens is 2. The minimum absolute atomic E-state index is 0.409. The lowest BCUT2D eigenvalue weighted by Gasteiger charge is -2.11. The third-order valence-corrected chi connectivity index (χ3v) is 2.31. The van der Waals surface area contributed by atoms with E-state index in [1.54, 1.807) is 13.2 Å². The highest BCUT2D eigenvalue weighted by molar-refractivity contribution is 5.66. The second kappa shape index (κ2) is 5.39. The summed E-state index contributed by atoms with van der Waals surface area (Å²) in [5, 5.41) is 3.11. The number of hydrogen-bond donors (Lipinski definition) is 2. The van der Waals surface area contributed by atoms with Crippen molar-refractivity contribution in [1.82, 2.24) is 9.97 Å². The van der Waals surface area contributed by atoms with Crippen molar-refractivity contribution in [2.45, 2.75) is 20.4 Å². The molecule has 2 aromatic rings. The molecule has 0 aliphatic heterocycles. The Balaban J connectivity index is 2.16. The summed E-state index contributed by atoms with van der Waals surface area (Å²) in [6.07, 6.45) is 1.62. The third kappa shape index (κ3) is 2.71. The van der Waals surface area contributed by atoms with E-state index in [1.807, 2.05) is 19.1 Å². The normalized spacial score (nSPS) is 10.3. The Bertz CT molecular complexity index is 511. The van der Waals surface area contributed by atoms with Gasteiger partial charge >= 0.3 is 0 Å². The fraction of sp³-hybridized carbons (Fsp3) is 0.333. The lowest BCUT2D eigenvalue weighted by Crippen LogP contribution is -2.09. The molecule has 18 heavy (non-hydrogen) atoms. The molecule has 0 bridgehead atoms. The number of ether oxygens (including phenoxy) is 1. The van der Waals surface area contributed by atoms with Crippen LogP contribution in [0, 0.1) is 6.92 Å². The monoisotopic (exact) mass is 248 g/mol. The summed E-state index contributed by atoms with van der Waals surface area (Å²) >= 11 is 0. The van der Waals surface area contributed by atoms with Crippen LogP contribution >= 0.6 is 0 Å². The predicted molar refractivity (Wildman–Crippen MR) is 68.4 cm³/mol. The summed E-state index contributed by atoms with van der Waals surface area (Å²) in [6, 6.07) is 3.71. The quantitative estimate of drug-likeness (QED) is 0.841. The third-order valence-electron chi connectivity index (χ3n) is 2.31. The first-order valence-electron chi connectivity index (χ1n) is 5.74. The smallest absolute Gasteiger partial charge is 0.242 e. The molecule has 0 fully saturated rings. The van der Waals surface area contributed by atoms with Gasteiger partial charge in [-0.15, -0.1) is 0 Å². The van der Waals surface area contributed by atoms with Crippen LogP contribution in [0.3, 0.4) is 0 Å². The molecule has 2 rings (SSSR count). The maximum Gasteiger partial charge on any atom is 0.242 e. The molecule has 96 valence electrons. The van der Waals surface area contributed by atoms with E-state index in [-0.39, 0.29) is 0 Å². The number of nitrogens with zero attached hydrogens (tertiary/aromatic N) is 2. The largest absolute Gasteiger partial charge is 0.476 e. The van der Waals surface area contributed by atoms with Crippen molar-refractivity contribution >= 4 is 11.5 Å². The first-order valence-corrected chi connectivity index (χ1v) is 5.74. The van der Waals surface area contributed by atoms with Crippen molar-refractivity contribution in [3.8, 4) is 5.88 Å². The molecule has 0 amide bonds. The molecule has 0 aliphatic carbocycles. The SMILES string of the molecule is CCOc1nc(C)nc(NCc2ccco2)c1N. The van der Waals surface area contributed by atoms with Crippen LogP contribution in [0.4, 0.5) is 11.5 Å². The Kier molecular flexibility index (Phi) is 3.66. The summed E-state index contributed by atoms with van der Waals surface area (Å²) in [6.45, 7) is 4.70. The van der Waals surface area contributed by atoms with Crippen LogP contribution in [0.5, 0.6) is 5.88 Å². The van der Waals surface area contributed by atoms with Gasteiger partial charge in [0.2, 0.25) is 5.88 Å². The molecule has 2 aromatic heterocycles. The van der Waals surface area contributed by atoms with Crippen LogP contribution in [0.25, 0.3) is 0 Å². The molecule has 0 spiro atoms. The summed E-state index contributed by atoms with van der Waals surface area (Å²) in [7, 11) is 0. The van der Waals surface area contributed by atoms with Gasteiger partial charge in [0, 0.05) is 0 Å². The van der Waals surface area contributed by atoms with Crippen molar-refractivity contribution < 1.29 is 9.15 Å². The van der Waals surface area contributed by atoms with Gasteiger partial charge in [0.05, 0.1) is 19.4 Å². The zero-order chi connectivity index (χ0) is 13.0. The fourth-order valence-electron chi connectivity index (χ4n) is 1.52. The van der Waals surface area contributed by atoms with Crippen molar-refractivity contribution in [1.29, 1.82) is 0 Å².